The number of halogens is 1. The van der Waals surface area contributed by atoms with Crippen molar-refractivity contribution in [3.63, 3.8) is 0 Å². The molecule has 4 fully saturated rings. The Morgan fingerprint density at radius 2 is 1.52 bits per heavy atom. The van der Waals surface area contributed by atoms with E-state index >= 15 is 0 Å². The number of hydrazine groups is 1. The van der Waals surface area contributed by atoms with E-state index in [2.05, 4.69) is 10.9 Å². The van der Waals surface area contributed by atoms with Crippen LogP contribution in [0.3, 0.4) is 0 Å². The van der Waals surface area contributed by atoms with Crippen LogP contribution in [0.4, 0.5) is 0 Å². The highest BCUT2D eigenvalue weighted by Crippen LogP contribution is 2.60. The molecule has 27 heavy (non-hydrogen) atoms. The van der Waals surface area contributed by atoms with Crippen molar-refractivity contribution >= 4 is 23.4 Å². The highest BCUT2D eigenvalue weighted by Gasteiger charge is 2.54. The topological polar surface area (TPSA) is 67.4 Å². The van der Waals surface area contributed by atoms with E-state index in [0.29, 0.717) is 28.5 Å². The van der Waals surface area contributed by atoms with Gasteiger partial charge in [0.15, 0.2) is 5.60 Å². The number of benzene rings is 1. The Labute approximate surface area is 165 Å². The molecular formula is C21H27ClN2O3. The molecule has 0 atom stereocenters. The summed E-state index contributed by atoms with van der Waals surface area (Å²) < 4.78 is 5.78. The van der Waals surface area contributed by atoms with Crippen LogP contribution in [0.1, 0.15) is 52.4 Å². The summed E-state index contributed by atoms with van der Waals surface area (Å²) in [6.07, 6.45) is 6.73. The van der Waals surface area contributed by atoms with Crippen LogP contribution in [0.15, 0.2) is 24.3 Å². The number of carbonyl (C=O) groups is 2. The number of rotatable bonds is 4. The molecule has 1 aromatic rings. The Hall–Kier alpha value is -1.75. The quantitative estimate of drug-likeness (QED) is 0.767. The van der Waals surface area contributed by atoms with Gasteiger partial charge >= 0.3 is 0 Å². The van der Waals surface area contributed by atoms with Gasteiger partial charge in [0.2, 0.25) is 5.91 Å². The molecule has 0 saturated heterocycles. The lowest BCUT2D eigenvalue weighted by Crippen LogP contribution is -2.59. The van der Waals surface area contributed by atoms with E-state index in [9.17, 15) is 9.59 Å². The average Bonchev–Trinajstić information content (AvgIpc) is 2.60. The summed E-state index contributed by atoms with van der Waals surface area (Å²) in [5, 5.41) is 0.604. The molecule has 0 heterocycles. The highest BCUT2D eigenvalue weighted by atomic mass is 35.5. The molecule has 2 N–H and O–H groups in total. The summed E-state index contributed by atoms with van der Waals surface area (Å²) in [5.74, 6) is 2.19. The zero-order chi connectivity index (χ0) is 19.2. The van der Waals surface area contributed by atoms with Crippen LogP contribution in [-0.4, -0.2) is 17.4 Å². The Morgan fingerprint density at radius 1 is 1.00 bits per heavy atom. The maximum absolute atomic E-state index is 12.9. The van der Waals surface area contributed by atoms with Gasteiger partial charge in [0, 0.05) is 5.02 Å². The zero-order valence-corrected chi connectivity index (χ0v) is 16.6. The largest absolute Gasteiger partial charge is 0.478 e. The van der Waals surface area contributed by atoms with Crippen molar-refractivity contribution in [2.45, 2.75) is 58.0 Å². The molecule has 0 spiro atoms. The summed E-state index contributed by atoms with van der Waals surface area (Å²) in [4.78, 5) is 25.5. The number of carbonyl (C=O) groups excluding carboxylic acids is 2. The summed E-state index contributed by atoms with van der Waals surface area (Å²) in [5.41, 5.74) is 3.88. The molecule has 0 unspecified atom stereocenters. The second kappa shape index (κ2) is 6.69. The minimum absolute atomic E-state index is 0.0303. The Bertz CT molecular complexity index is 709. The molecule has 4 aliphatic rings. The molecule has 0 aromatic heterocycles. The molecule has 0 aliphatic heterocycles. The normalized spacial score (nSPS) is 31.4. The SMILES string of the molecule is CC(C)(Oc1ccc(Cl)cc1)C(=O)NNC(=O)C12CC3CC(CC(C3)C1)C2. The predicted molar refractivity (Wildman–Crippen MR) is 103 cm³/mol. The van der Waals surface area contributed by atoms with Crippen LogP contribution in [0, 0.1) is 23.2 Å². The van der Waals surface area contributed by atoms with Crippen molar-refractivity contribution in [3.05, 3.63) is 29.3 Å². The van der Waals surface area contributed by atoms with Crippen molar-refractivity contribution in [2.24, 2.45) is 23.2 Å². The maximum Gasteiger partial charge on any atom is 0.281 e. The van der Waals surface area contributed by atoms with E-state index in [1.165, 1.54) is 19.3 Å². The third-order valence-electron chi connectivity index (χ3n) is 6.54. The lowest BCUT2D eigenvalue weighted by atomic mass is 9.49. The van der Waals surface area contributed by atoms with E-state index in [0.717, 1.165) is 19.3 Å². The third kappa shape index (κ3) is 3.66. The molecule has 2 amide bonds. The number of hydrogen-bond donors (Lipinski definition) is 2. The van der Waals surface area contributed by atoms with Crippen LogP contribution in [0.25, 0.3) is 0 Å². The molecule has 4 saturated carbocycles. The first-order chi connectivity index (χ1) is 12.8. The molecule has 5 rings (SSSR count). The van der Waals surface area contributed by atoms with Crippen molar-refractivity contribution < 1.29 is 14.3 Å². The Kier molecular flexibility index (Phi) is 4.61. The minimum atomic E-state index is -1.12. The second-order valence-corrected chi connectivity index (χ2v) is 9.61. The van der Waals surface area contributed by atoms with Crippen molar-refractivity contribution in [3.8, 4) is 5.75 Å². The van der Waals surface area contributed by atoms with Gasteiger partial charge in [-0.05, 0) is 94.4 Å². The molecular weight excluding hydrogens is 364 g/mol. The van der Waals surface area contributed by atoms with Crippen LogP contribution in [0.2, 0.25) is 5.02 Å². The fourth-order valence-corrected chi connectivity index (χ4v) is 5.75. The third-order valence-corrected chi connectivity index (χ3v) is 6.79. The van der Waals surface area contributed by atoms with Gasteiger partial charge in [0.25, 0.3) is 5.91 Å². The van der Waals surface area contributed by atoms with E-state index in [-0.39, 0.29) is 17.2 Å². The summed E-state index contributed by atoms with van der Waals surface area (Å²) in [7, 11) is 0. The van der Waals surface area contributed by atoms with Crippen molar-refractivity contribution in [1.82, 2.24) is 10.9 Å². The molecule has 4 bridgehead atoms. The average molecular weight is 391 g/mol. The lowest BCUT2D eigenvalue weighted by Gasteiger charge is -2.55. The predicted octanol–water partition coefficient (Wildman–Crippen LogP) is 3.86. The van der Waals surface area contributed by atoms with Gasteiger partial charge in [-0.1, -0.05) is 11.6 Å². The van der Waals surface area contributed by atoms with Gasteiger partial charge < -0.3 is 4.74 Å². The molecule has 1 aromatic carbocycles. The van der Waals surface area contributed by atoms with E-state index in [1.54, 1.807) is 38.1 Å². The van der Waals surface area contributed by atoms with E-state index in [4.69, 9.17) is 16.3 Å². The van der Waals surface area contributed by atoms with Crippen LogP contribution >= 0.6 is 11.6 Å². The van der Waals surface area contributed by atoms with Gasteiger partial charge in [0.05, 0.1) is 5.41 Å². The number of nitrogens with one attached hydrogen (secondary N) is 2. The molecule has 0 radical (unpaired) electrons. The molecule has 6 heteroatoms. The standard InChI is InChI=1S/C21H27ClN2O3/c1-20(2,27-17-5-3-16(22)4-6-17)18(25)23-24-19(26)21-10-13-7-14(11-21)9-15(8-13)12-21/h3-6,13-15H,7-12H2,1-2H3,(H,23,25)(H,24,26). The maximum atomic E-state index is 12.9. The smallest absolute Gasteiger partial charge is 0.281 e. The molecule has 4 aliphatic carbocycles. The lowest BCUT2D eigenvalue weighted by molar-refractivity contribution is -0.150. The Morgan fingerprint density at radius 3 is 2.04 bits per heavy atom. The summed E-state index contributed by atoms with van der Waals surface area (Å²) >= 11 is 5.88. The van der Waals surface area contributed by atoms with E-state index in [1.807, 2.05) is 0 Å². The Balaban J connectivity index is 1.35. The first-order valence-electron chi connectivity index (χ1n) is 9.81. The van der Waals surface area contributed by atoms with Crippen molar-refractivity contribution in [1.29, 1.82) is 0 Å². The summed E-state index contributed by atoms with van der Waals surface area (Å²) in [6, 6.07) is 6.84. The van der Waals surface area contributed by atoms with Gasteiger partial charge in [-0.25, -0.2) is 0 Å². The van der Waals surface area contributed by atoms with E-state index < -0.39 is 5.60 Å². The number of hydrogen-bond acceptors (Lipinski definition) is 3. The van der Waals surface area contributed by atoms with Crippen LogP contribution in [-0.2, 0) is 9.59 Å². The second-order valence-electron chi connectivity index (χ2n) is 9.17. The number of amides is 2. The zero-order valence-electron chi connectivity index (χ0n) is 15.9. The minimum Gasteiger partial charge on any atom is -0.478 e. The monoisotopic (exact) mass is 390 g/mol. The fraction of sp³-hybridized carbons (Fsp3) is 0.619. The van der Waals surface area contributed by atoms with Crippen LogP contribution in [0.5, 0.6) is 5.75 Å². The van der Waals surface area contributed by atoms with Gasteiger partial charge in [-0.2, -0.15) is 0 Å². The van der Waals surface area contributed by atoms with Gasteiger partial charge in [-0.3, -0.25) is 20.4 Å². The summed E-state index contributed by atoms with van der Waals surface area (Å²) in [6.45, 7) is 3.35. The first kappa shape index (κ1) is 18.6. The number of ether oxygens (including phenoxy) is 1. The van der Waals surface area contributed by atoms with Gasteiger partial charge in [-0.15, -0.1) is 0 Å². The molecule has 5 nitrogen and oxygen atoms in total. The van der Waals surface area contributed by atoms with Gasteiger partial charge in [0.1, 0.15) is 5.75 Å². The van der Waals surface area contributed by atoms with Crippen molar-refractivity contribution in [2.75, 3.05) is 0 Å². The fourth-order valence-electron chi connectivity index (χ4n) is 5.63. The van der Waals surface area contributed by atoms with Crippen LogP contribution < -0.4 is 15.6 Å². The first-order valence-corrected chi connectivity index (χ1v) is 10.2. The molecule has 146 valence electrons. The highest BCUT2D eigenvalue weighted by molar-refractivity contribution is 6.30.